The molecule has 0 heterocycles. The number of nitrogens with one attached hydrogen (secondary N) is 1. The molecule has 0 aromatic heterocycles. The van der Waals surface area contributed by atoms with E-state index >= 15 is 0 Å². The summed E-state index contributed by atoms with van der Waals surface area (Å²) in [4.78, 5) is 24.1. The summed E-state index contributed by atoms with van der Waals surface area (Å²) in [6.45, 7) is 3.82. The first-order chi connectivity index (χ1) is 14.4. The predicted molar refractivity (Wildman–Crippen MR) is 114 cm³/mol. The molecule has 0 aliphatic rings. The Balaban J connectivity index is 1.97. The SMILES string of the molecule is COc1ccc(O[C@@H](C(=O)Nc2cc(C)ccc2C)c2ccccc2)c([N+](=O)[O-])c1. The van der Waals surface area contributed by atoms with Crippen LogP contribution in [-0.4, -0.2) is 17.9 Å². The van der Waals surface area contributed by atoms with Gasteiger partial charge in [-0.05, 0) is 43.2 Å². The van der Waals surface area contributed by atoms with Crippen LogP contribution in [0.15, 0.2) is 66.7 Å². The molecule has 0 aliphatic heterocycles. The van der Waals surface area contributed by atoms with Crippen molar-refractivity contribution in [3.63, 3.8) is 0 Å². The number of hydrogen-bond donors (Lipinski definition) is 1. The molecule has 1 atom stereocenters. The number of rotatable bonds is 7. The second-order valence-electron chi connectivity index (χ2n) is 6.81. The van der Waals surface area contributed by atoms with Gasteiger partial charge >= 0.3 is 5.69 Å². The van der Waals surface area contributed by atoms with E-state index in [1.807, 2.05) is 38.1 Å². The molecule has 30 heavy (non-hydrogen) atoms. The van der Waals surface area contributed by atoms with Crippen molar-refractivity contribution in [2.24, 2.45) is 0 Å². The van der Waals surface area contributed by atoms with Gasteiger partial charge in [-0.3, -0.25) is 14.9 Å². The first kappa shape index (κ1) is 20.9. The van der Waals surface area contributed by atoms with Crippen LogP contribution in [0.1, 0.15) is 22.8 Å². The monoisotopic (exact) mass is 406 g/mol. The van der Waals surface area contributed by atoms with E-state index < -0.39 is 16.9 Å². The summed E-state index contributed by atoms with van der Waals surface area (Å²) >= 11 is 0. The highest BCUT2D eigenvalue weighted by Gasteiger charge is 2.27. The van der Waals surface area contributed by atoms with Crippen molar-refractivity contribution >= 4 is 17.3 Å². The molecule has 7 heteroatoms. The average Bonchev–Trinajstić information content (AvgIpc) is 2.75. The normalized spacial score (nSPS) is 11.4. The van der Waals surface area contributed by atoms with E-state index in [1.165, 1.54) is 19.2 Å². The Morgan fingerprint density at radius 2 is 1.77 bits per heavy atom. The molecule has 3 aromatic carbocycles. The van der Waals surface area contributed by atoms with Crippen LogP contribution in [0.4, 0.5) is 11.4 Å². The molecule has 0 unspecified atom stereocenters. The van der Waals surface area contributed by atoms with Gasteiger partial charge in [0, 0.05) is 11.3 Å². The van der Waals surface area contributed by atoms with Crippen molar-refractivity contribution < 1.29 is 19.2 Å². The standard InChI is InChI=1S/C23H22N2O5/c1-15-9-10-16(2)19(13-15)24-23(26)22(17-7-5-4-6-8-17)30-21-12-11-18(29-3)14-20(21)25(27)28/h4-14,22H,1-3H3,(H,24,26)/t22-/m1/s1. The molecule has 0 spiro atoms. The van der Waals surface area contributed by atoms with Crippen LogP contribution < -0.4 is 14.8 Å². The van der Waals surface area contributed by atoms with Crippen molar-refractivity contribution in [1.82, 2.24) is 0 Å². The molecule has 7 nitrogen and oxygen atoms in total. The van der Waals surface area contributed by atoms with E-state index in [-0.39, 0.29) is 11.4 Å². The minimum Gasteiger partial charge on any atom is -0.496 e. The number of aryl methyl sites for hydroxylation is 2. The molecule has 0 fully saturated rings. The summed E-state index contributed by atoms with van der Waals surface area (Å²) in [5.74, 6) is -0.129. The molecule has 0 bridgehead atoms. The molecule has 3 aromatic rings. The molecule has 0 aliphatic carbocycles. The third kappa shape index (κ3) is 4.75. The van der Waals surface area contributed by atoms with Crippen LogP contribution >= 0.6 is 0 Å². The Morgan fingerprint density at radius 1 is 1.03 bits per heavy atom. The average molecular weight is 406 g/mol. The Kier molecular flexibility index (Phi) is 6.32. The fourth-order valence-corrected chi connectivity index (χ4v) is 2.96. The zero-order valence-electron chi connectivity index (χ0n) is 16.9. The number of benzene rings is 3. The summed E-state index contributed by atoms with van der Waals surface area (Å²) in [5.41, 5.74) is 2.85. The zero-order valence-corrected chi connectivity index (χ0v) is 16.9. The maximum absolute atomic E-state index is 13.2. The minimum atomic E-state index is -1.08. The third-order valence-corrected chi connectivity index (χ3v) is 4.60. The molecule has 1 N–H and O–H groups in total. The van der Waals surface area contributed by atoms with Gasteiger partial charge < -0.3 is 14.8 Å². The van der Waals surface area contributed by atoms with Gasteiger partial charge in [0.2, 0.25) is 6.10 Å². The molecule has 154 valence electrons. The van der Waals surface area contributed by atoms with Gasteiger partial charge in [0.15, 0.2) is 5.75 Å². The highest BCUT2D eigenvalue weighted by molar-refractivity contribution is 5.95. The lowest BCUT2D eigenvalue weighted by molar-refractivity contribution is -0.386. The van der Waals surface area contributed by atoms with Gasteiger partial charge in [-0.15, -0.1) is 0 Å². The Labute approximate surface area is 174 Å². The smallest absolute Gasteiger partial charge is 0.314 e. The van der Waals surface area contributed by atoms with E-state index in [2.05, 4.69) is 5.32 Å². The maximum Gasteiger partial charge on any atom is 0.314 e. The van der Waals surface area contributed by atoms with Gasteiger partial charge in [0.25, 0.3) is 5.91 Å². The lowest BCUT2D eigenvalue weighted by Gasteiger charge is -2.20. The van der Waals surface area contributed by atoms with E-state index in [0.717, 1.165) is 11.1 Å². The summed E-state index contributed by atoms with van der Waals surface area (Å²) in [7, 11) is 1.42. The second-order valence-corrected chi connectivity index (χ2v) is 6.81. The first-order valence-electron chi connectivity index (χ1n) is 9.31. The van der Waals surface area contributed by atoms with Crippen molar-refractivity contribution in [2.75, 3.05) is 12.4 Å². The number of carbonyl (C=O) groups excluding carboxylic acids is 1. The van der Waals surface area contributed by atoms with E-state index in [4.69, 9.17) is 9.47 Å². The van der Waals surface area contributed by atoms with Crippen molar-refractivity contribution in [1.29, 1.82) is 0 Å². The van der Waals surface area contributed by atoms with Gasteiger partial charge in [-0.2, -0.15) is 0 Å². The molecule has 0 saturated carbocycles. The fraction of sp³-hybridized carbons (Fsp3) is 0.174. The number of ether oxygens (including phenoxy) is 2. The number of amides is 1. The van der Waals surface area contributed by atoms with Gasteiger partial charge in [-0.1, -0.05) is 42.5 Å². The predicted octanol–water partition coefficient (Wildman–Crippen LogP) is 4.98. The second kappa shape index (κ2) is 9.09. The minimum absolute atomic E-state index is 0.0224. The summed E-state index contributed by atoms with van der Waals surface area (Å²) in [5, 5.41) is 14.4. The quantitative estimate of drug-likeness (QED) is 0.441. The van der Waals surface area contributed by atoms with E-state index in [0.29, 0.717) is 17.0 Å². The Morgan fingerprint density at radius 3 is 2.43 bits per heavy atom. The summed E-state index contributed by atoms with van der Waals surface area (Å²) in [6, 6.07) is 18.8. The van der Waals surface area contributed by atoms with Crippen molar-refractivity contribution in [3.8, 4) is 11.5 Å². The van der Waals surface area contributed by atoms with Crippen LogP contribution in [0.5, 0.6) is 11.5 Å². The largest absolute Gasteiger partial charge is 0.496 e. The van der Waals surface area contributed by atoms with Crippen LogP contribution in [0, 0.1) is 24.0 Å². The van der Waals surface area contributed by atoms with Crippen LogP contribution in [0.25, 0.3) is 0 Å². The third-order valence-electron chi connectivity index (χ3n) is 4.60. The zero-order chi connectivity index (χ0) is 21.7. The molecule has 0 radical (unpaired) electrons. The molecule has 0 saturated heterocycles. The maximum atomic E-state index is 13.2. The van der Waals surface area contributed by atoms with Crippen LogP contribution in [0.3, 0.4) is 0 Å². The Hall–Kier alpha value is -3.87. The van der Waals surface area contributed by atoms with Gasteiger partial charge in [0.1, 0.15) is 5.75 Å². The lowest BCUT2D eigenvalue weighted by atomic mass is 10.1. The molecule has 3 rings (SSSR count). The highest BCUT2D eigenvalue weighted by atomic mass is 16.6. The Bertz CT molecular complexity index is 1070. The number of anilines is 1. The number of hydrogen-bond acceptors (Lipinski definition) is 5. The molecular formula is C23H22N2O5. The summed E-state index contributed by atoms with van der Waals surface area (Å²) in [6.07, 6.45) is -1.08. The molecular weight excluding hydrogens is 384 g/mol. The first-order valence-corrected chi connectivity index (χ1v) is 9.31. The number of nitrogens with zero attached hydrogens (tertiary/aromatic N) is 1. The van der Waals surface area contributed by atoms with E-state index in [9.17, 15) is 14.9 Å². The topological polar surface area (TPSA) is 90.7 Å². The van der Waals surface area contributed by atoms with Crippen LogP contribution in [-0.2, 0) is 4.79 Å². The van der Waals surface area contributed by atoms with Gasteiger partial charge in [0.05, 0.1) is 18.1 Å². The lowest BCUT2D eigenvalue weighted by Crippen LogP contribution is -2.26. The van der Waals surface area contributed by atoms with Crippen LogP contribution in [0.2, 0.25) is 0 Å². The van der Waals surface area contributed by atoms with E-state index in [1.54, 1.807) is 30.3 Å². The number of carbonyl (C=O) groups is 1. The number of methoxy groups -OCH3 is 1. The number of nitro groups is 1. The highest BCUT2D eigenvalue weighted by Crippen LogP contribution is 2.34. The van der Waals surface area contributed by atoms with Crippen molar-refractivity contribution in [2.45, 2.75) is 20.0 Å². The number of nitro benzene ring substituents is 1. The van der Waals surface area contributed by atoms with Gasteiger partial charge in [-0.25, -0.2) is 0 Å². The summed E-state index contributed by atoms with van der Waals surface area (Å²) < 4.78 is 10.9. The molecule has 1 amide bonds. The fourth-order valence-electron chi connectivity index (χ4n) is 2.96. The van der Waals surface area contributed by atoms with Crippen molar-refractivity contribution in [3.05, 3.63) is 93.5 Å².